The van der Waals surface area contributed by atoms with Crippen molar-refractivity contribution >= 4 is 21.9 Å². The molecule has 1 aromatic rings. The van der Waals surface area contributed by atoms with Gasteiger partial charge < -0.3 is 4.74 Å². The zero-order valence-corrected chi connectivity index (χ0v) is 8.72. The minimum atomic E-state index is -4.56. The first-order chi connectivity index (χ1) is 6.89. The zero-order valence-electron chi connectivity index (χ0n) is 7.14. The second-order valence-electron chi connectivity index (χ2n) is 3.06. The van der Waals surface area contributed by atoms with Crippen LogP contribution in [0.15, 0.2) is 22.7 Å². The monoisotopic (exact) mass is 280 g/mol. The molecule has 0 spiro atoms. The lowest BCUT2D eigenvalue weighted by Gasteiger charge is -2.13. The summed E-state index contributed by atoms with van der Waals surface area (Å²) in [5.74, 6) is -0.936. The average molecular weight is 281 g/mol. The van der Waals surface area contributed by atoms with Gasteiger partial charge in [0.1, 0.15) is 0 Å². The number of fused-ring (bicyclic) bond motifs is 1. The molecule has 15 heavy (non-hydrogen) atoms. The van der Waals surface area contributed by atoms with Crippen molar-refractivity contribution in [2.75, 3.05) is 0 Å². The van der Waals surface area contributed by atoms with Crippen LogP contribution in [0.25, 0.3) is 0 Å². The van der Waals surface area contributed by atoms with E-state index in [4.69, 9.17) is 0 Å². The number of alkyl halides is 3. The van der Waals surface area contributed by atoms with Gasteiger partial charge in [-0.1, -0.05) is 22.0 Å². The third-order valence-electron chi connectivity index (χ3n) is 2.04. The van der Waals surface area contributed by atoms with Crippen LogP contribution in [-0.2, 0) is 4.74 Å². The van der Waals surface area contributed by atoms with Gasteiger partial charge in [0.05, 0.1) is 5.56 Å². The van der Waals surface area contributed by atoms with Crippen LogP contribution >= 0.6 is 15.9 Å². The predicted octanol–water partition coefficient (Wildman–Crippen LogP) is 3.22. The largest absolute Gasteiger partial charge is 0.444 e. The second-order valence-corrected chi connectivity index (χ2v) is 3.97. The van der Waals surface area contributed by atoms with Crippen LogP contribution in [0.2, 0.25) is 0 Å². The molecule has 0 saturated carbocycles. The van der Waals surface area contributed by atoms with Crippen LogP contribution in [-0.4, -0.2) is 12.1 Å². The van der Waals surface area contributed by atoms with Crippen molar-refractivity contribution in [3.63, 3.8) is 0 Å². The number of halogens is 4. The fourth-order valence-corrected chi connectivity index (χ4v) is 1.77. The van der Waals surface area contributed by atoms with Crippen LogP contribution in [0.3, 0.4) is 0 Å². The van der Waals surface area contributed by atoms with E-state index in [1.165, 1.54) is 18.2 Å². The molecule has 1 aromatic carbocycles. The third-order valence-corrected chi connectivity index (χ3v) is 2.53. The van der Waals surface area contributed by atoms with Gasteiger partial charge in [-0.05, 0) is 12.1 Å². The Morgan fingerprint density at radius 2 is 2.00 bits per heavy atom. The highest BCUT2D eigenvalue weighted by Gasteiger charge is 2.49. The van der Waals surface area contributed by atoms with Crippen LogP contribution < -0.4 is 0 Å². The summed E-state index contributed by atoms with van der Waals surface area (Å²) in [6, 6.07) is 4.01. The first-order valence-electron chi connectivity index (χ1n) is 3.97. The lowest BCUT2D eigenvalue weighted by Crippen LogP contribution is -2.20. The van der Waals surface area contributed by atoms with E-state index in [0.717, 1.165) is 0 Å². The Balaban J connectivity index is 2.52. The van der Waals surface area contributed by atoms with E-state index in [0.29, 0.717) is 4.47 Å². The smallest absolute Gasteiger partial charge is 0.429 e. The Morgan fingerprint density at radius 3 is 2.60 bits per heavy atom. The van der Waals surface area contributed by atoms with Crippen molar-refractivity contribution in [2.45, 2.75) is 12.3 Å². The summed E-state index contributed by atoms with van der Waals surface area (Å²) >= 11 is 3.07. The van der Waals surface area contributed by atoms with Crippen LogP contribution in [0.4, 0.5) is 13.2 Å². The minimum absolute atomic E-state index is 0.0355. The maximum absolute atomic E-state index is 12.4. The number of cyclic esters (lactones) is 1. The molecule has 2 nitrogen and oxygen atoms in total. The van der Waals surface area contributed by atoms with E-state index in [2.05, 4.69) is 20.7 Å². The molecule has 1 aliphatic rings. The predicted molar refractivity (Wildman–Crippen MR) is 48.4 cm³/mol. The molecular formula is C9H4BrF3O2. The summed E-state index contributed by atoms with van der Waals surface area (Å²) in [4.78, 5) is 11.1. The SMILES string of the molecule is O=C1OC(C(F)(F)F)c2ccc(Br)cc21. The fourth-order valence-electron chi connectivity index (χ4n) is 1.41. The highest BCUT2D eigenvalue weighted by molar-refractivity contribution is 9.10. The Kier molecular flexibility index (Phi) is 2.26. The van der Waals surface area contributed by atoms with Crippen LogP contribution in [0, 0.1) is 0 Å². The van der Waals surface area contributed by atoms with Gasteiger partial charge in [-0.2, -0.15) is 13.2 Å². The summed E-state index contributed by atoms with van der Waals surface area (Å²) in [5.41, 5.74) is -0.164. The molecule has 80 valence electrons. The van der Waals surface area contributed by atoms with Crippen molar-refractivity contribution in [3.05, 3.63) is 33.8 Å². The topological polar surface area (TPSA) is 26.3 Å². The van der Waals surface area contributed by atoms with Crippen molar-refractivity contribution in [1.82, 2.24) is 0 Å². The lowest BCUT2D eigenvalue weighted by molar-refractivity contribution is -0.203. The third kappa shape index (κ3) is 1.73. The van der Waals surface area contributed by atoms with Crippen molar-refractivity contribution < 1.29 is 22.7 Å². The Morgan fingerprint density at radius 1 is 1.33 bits per heavy atom. The first kappa shape index (κ1) is 10.5. The van der Waals surface area contributed by atoms with E-state index in [9.17, 15) is 18.0 Å². The number of carbonyl (C=O) groups excluding carboxylic acids is 1. The average Bonchev–Trinajstić information content (AvgIpc) is 2.43. The van der Waals surface area contributed by atoms with E-state index in [1.807, 2.05) is 0 Å². The quantitative estimate of drug-likeness (QED) is 0.682. The molecular weight excluding hydrogens is 277 g/mol. The number of hydrogen-bond donors (Lipinski definition) is 0. The van der Waals surface area contributed by atoms with Gasteiger partial charge in [-0.25, -0.2) is 4.79 Å². The van der Waals surface area contributed by atoms with Gasteiger partial charge in [0.25, 0.3) is 0 Å². The van der Waals surface area contributed by atoms with Crippen molar-refractivity contribution in [2.24, 2.45) is 0 Å². The molecule has 1 unspecified atom stereocenters. The number of esters is 1. The molecule has 1 heterocycles. The molecule has 0 fully saturated rings. The van der Waals surface area contributed by atoms with Crippen molar-refractivity contribution in [3.8, 4) is 0 Å². The number of benzene rings is 1. The Bertz CT molecular complexity index is 428. The number of carbonyl (C=O) groups is 1. The number of hydrogen-bond acceptors (Lipinski definition) is 2. The molecule has 1 aliphatic heterocycles. The maximum Gasteiger partial charge on any atom is 0.429 e. The summed E-state index contributed by atoms with van der Waals surface area (Å²) in [6.07, 6.45) is -6.69. The molecule has 0 amide bonds. The van der Waals surface area contributed by atoms with Crippen LogP contribution in [0.5, 0.6) is 0 Å². The lowest BCUT2D eigenvalue weighted by atomic mass is 10.1. The number of ether oxygens (including phenoxy) is 1. The summed E-state index contributed by atoms with van der Waals surface area (Å²) < 4.78 is 42.1. The molecule has 0 saturated heterocycles. The molecule has 0 N–H and O–H groups in total. The summed E-state index contributed by atoms with van der Waals surface area (Å²) in [7, 11) is 0. The normalized spacial score (nSPS) is 20.0. The number of rotatable bonds is 0. The van der Waals surface area contributed by atoms with Gasteiger partial charge in [0.2, 0.25) is 6.10 Å². The second kappa shape index (κ2) is 3.23. The van der Waals surface area contributed by atoms with E-state index in [1.54, 1.807) is 0 Å². The highest BCUT2D eigenvalue weighted by atomic mass is 79.9. The molecule has 0 radical (unpaired) electrons. The fraction of sp³-hybridized carbons (Fsp3) is 0.222. The van der Waals surface area contributed by atoms with Crippen LogP contribution in [0.1, 0.15) is 22.0 Å². The van der Waals surface area contributed by atoms with E-state index < -0.39 is 18.2 Å². The standard InChI is InChI=1S/C9H4BrF3O2/c10-4-1-2-5-6(3-4)8(14)15-7(5)9(11,12)13/h1-3,7H. The molecule has 6 heteroatoms. The summed E-state index contributed by atoms with van der Waals surface area (Å²) in [5, 5.41) is 0. The maximum atomic E-state index is 12.4. The van der Waals surface area contributed by atoms with Gasteiger partial charge in [0.15, 0.2) is 0 Å². The van der Waals surface area contributed by atoms with Gasteiger partial charge in [-0.3, -0.25) is 0 Å². The van der Waals surface area contributed by atoms with Gasteiger partial charge >= 0.3 is 12.1 Å². The van der Waals surface area contributed by atoms with Gasteiger partial charge in [0, 0.05) is 10.0 Å². The van der Waals surface area contributed by atoms with E-state index in [-0.39, 0.29) is 11.1 Å². The molecule has 1 atom stereocenters. The zero-order chi connectivity index (χ0) is 11.2. The van der Waals surface area contributed by atoms with E-state index >= 15 is 0 Å². The molecule has 2 rings (SSSR count). The minimum Gasteiger partial charge on any atom is -0.444 e. The molecule has 0 bridgehead atoms. The van der Waals surface area contributed by atoms with Crippen molar-refractivity contribution in [1.29, 1.82) is 0 Å². The highest BCUT2D eigenvalue weighted by Crippen LogP contribution is 2.42. The molecule has 0 aromatic heterocycles. The Hall–Kier alpha value is -1.04. The summed E-state index contributed by atoms with van der Waals surface area (Å²) in [6.45, 7) is 0. The molecule has 0 aliphatic carbocycles. The Labute approximate surface area is 91.2 Å². The van der Waals surface area contributed by atoms with Gasteiger partial charge in [-0.15, -0.1) is 0 Å². The first-order valence-corrected chi connectivity index (χ1v) is 4.76.